The van der Waals surface area contributed by atoms with Crippen LogP contribution < -0.4 is 0 Å². The van der Waals surface area contributed by atoms with E-state index < -0.39 is 35.7 Å². The third-order valence-corrected chi connectivity index (χ3v) is 9.17. The van der Waals surface area contributed by atoms with Crippen LogP contribution >= 0.6 is 0 Å². The van der Waals surface area contributed by atoms with Crippen molar-refractivity contribution in [3.8, 4) is 5.75 Å². The summed E-state index contributed by atoms with van der Waals surface area (Å²) in [6.45, 7) is 1.76. The standard InChI is InChI=1S/C32H42F5NO2S/c1-38(21-8-9-22-41(40)23-11-19-31(33,34)32(35,36)37)20-7-3-6-15-30-28(25-12-4-2-5-13-25)16-10-14-26-24-27(39)17-18-29(26)30/h2,4-5,12-13,17-18,24,39H,3,6-11,14-16,19-23H2,1H3/t41-/m0/s1. The number of allylic oxidation sites excluding steroid dienone is 2. The van der Waals surface area contributed by atoms with Gasteiger partial charge in [0.15, 0.2) is 0 Å². The fourth-order valence-electron chi connectivity index (χ4n) is 5.41. The Labute approximate surface area is 243 Å². The van der Waals surface area contributed by atoms with Crippen LogP contribution in [-0.2, 0) is 17.2 Å². The number of hydrogen-bond acceptors (Lipinski definition) is 3. The molecule has 1 N–H and O–H groups in total. The summed E-state index contributed by atoms with van der Waals surface area (Å²) in [6, 6.07) is 16.3. The predicted molar refractivity (Wildman–Crippen MR) is 158 cm³/mol. The van der Waals surface area contributed by atoms with E-state index in [0.29, 0.717) is 17.9 Å². The van der Waals surface area contributed by atoms with Crippen LogP contribution in [-0.4, -0.2) is 58.0 Å². The van der Waals surface area contributed by atoms with Crippen LogP contribution in [0.2, 0.25) is 0 Å². The first-order valence-corrected chi connectivity index (χ1v) is 16.0. The van der Waals surface area contributed by atoms with Gasteiger partial charge in [0.25, 0.3) is 0 Å². The fourth-order valence-corrected chi connectivity index (χ4v) is 6.61. The topological polar surface area (TPSA) is 40.5 Å². The van der Waals surface area contributed by atoms with Crippen LogP contribution in [0.25, 0.3) is 11.1 Å². The summed E-state index contributed by atoms with van der Waals surface area (Å²) in [6.07, 6.45) is 1.38. The number of fused-ring (bicyclic) bond motifs is 1. The largest absolute Gasteiger partial charge is 0.508 e. The number of rotatable bonds is 16. The molecule has 3 nitrogen and oxygen atoms in total. The van der Waals surface area contributed by atoms with Crippen LogP contribution in [0.4, 0.5) is 22.0 Å². The number of phenolic OH excluding ortho intramolecular Hbond substituents is 1. The maximum Gasteiger partial charge on any atom is 0.453 e. The Bertz CT molecular complexity index is 1150. The lowest BCUT2D eigenvalue weighted by Gasteiger charge is -2.19. The second-order valence-electron chi connectivity index (χ2n) is 11.0. The summed E-state index contributed by atoms with van der Waals surface area (Å²) in [7, 11) is 0.662. The average Bonchev–Trinajstić information content (AvgIpc) is 3.09. The highest BCUT2D eigenvalue weighted by atomic mass is 32.2. The van der Waals surface area contributed by atoms with E-state index in [9.17, 15) is 31.3 Å². The van der Waals surface area contributed by atoms with E-state index in [1.165, 1.54) is 27.8 Å². The Morgan fingerprint density at radius 2 is 1.54 bits per heavy atom. The molecule has 228 valence electrons. The van der Waals surface area contributed by atoms with Gasteiger partial charge >= 0.3 is 12.1 Å². The molecule has 1 aliphatic rings. The maximum absolute atomic E-state index is 13.0. The summed E-state index contributed by atoms with van der Waals surface area (Å²) in [5, 5.41) is 10.0. The highest BCUT2D eigenvalue weighted by Crippen LogP contribution is 2.40. The van der Waals surface area contributed by atoms with E-state index in [2.05, 4.69) is 35.2 Å². The monoisotopic (exact) mass is 599 g/mol. The molecule has 0 saturated heterocycles. The van der Waals surface area contributed by atoms with Crippen molar-refractivity contribution in [1.82, 2.24) is 4.90 Å². The van der Waals surface area contributed by atoms with Gasteiger partial charge in [0, 0.05) is 28.7 Å². The zero-order valence-electron chi connectivity index (χ0n) is 23.8. The fraction of sp³-hybridized carbons (Fsp3) is 0.562. The summed E-state index contributed by atoms with van der Waals surface area (Å²) in [4.78, 5) is 2.23. The SMILES string of the molecule is CN(CCCCCC1=C(c2ccccc2)CCCc2cc(O)ccc21)CCCC[S@](=O)CCCC(F)(F)C(F)(F)F. The van der Waals surface area contributed by atoms with Crippen LogP contribution in [0.15, 0.2) is 48.5 Å². The lowest BCUT2D eigenvalue weighted by molar-refractivity contribution is -0.284. The van der Waals surface area contributed by atoms with Gasteiger partial charge in [-0.05, 0) is 118 Å². The highest BCUT2D eigenvalue weighted by molar-refractivity contribution is 7.84. The first kappa shape index (κ1) is 33.2. The van der Waals surface area contributed by atoms with Gasteiger partial charge in [-0.2, -0.15) is 22.0 Å². The third-order valence-electron chi connectivity index (χ3n) is 7.68. The van der Waals surface area contributed by atoms with Gasteiger partial charge in [-0.1, -0.05) is 42.8 Å². The number of nitrogens with zero attached hydrogens (tertiary/aromatic N) is 1. The maximum atomic E-state index is 13.0. The summed E-state index contributed by atoms with van der Waals surface area (Å²) in [5.74, 6) is -4.21. The minimum atomic E-state index is -5.55. The Balaban J connectivity index is 1.38. The number of unbranched alkanes of at least 4 members (excludes halogenated alkanes) is 3. The van der Waals surface area contributed by atoms with Crippen molar-refractivity contribution in [2.24, 2.45) is 0 Å². The number of halogens is 5. The number of aromatic hydroxyl groups is 1. The Hall–Kier alpha value is -2.26. The van der Waals surface area contributed by atoms with E-state index in [1.54, 1.807) is 6.07 Å². The quantitative estimate of drug-likeness (QED) is 0.155. The van der Waals surface area contributed by atoms with Crippen molar-refractivity contribution in [1.29, 1.82) is 0 Å². The minimum Gasteiger partial charge on any atom is -0.508 e. The molecule has 0 unspecified atom stereocenters. The number of aryl methyl sites for hydroxylation is 1. The highest BCUT2D eigenvalue weighted by Gasteiger charge is 2.56. The van der Waals surface area contributed by atoms with Gasteiger partial charge in [-0.3, -0.25) is 4.21 Å². The normalized spacial score (nSPS) is 15.2. The molecule has 3 rings (SSSR count). The first-order valence-electron chi connectivity index (χ1n) is 14.6. The van der Waals surface area contributed by atoms with E-state index in [1.807, 2.05) is 19.2 Å². The van der Waals surface area contributed by atoms with Gasteiger partial charge in [-0.25, -0.2) is 0 Å². The molecule has 2 aromatic carbocycles. The molecular weight excluding hydrogens is 557 g/mol. The lowest BCUT2D eigenvalue weighted by Crippen LogP contribution is -2.36. The predicted octanol–water partition coefficient (Wildman–Crippen LogP) is 8.64. The van der Waals surface area contributed by atoms with Gasteiger partial charge in [0.05, 0.1) is 0 Å². The Kier molecular flexibility index (Phi) is 12.8. The molecule has 0 aliphatic heterocycles. The molecule has 1 aliphatic carbocycles. The second-order valence-corrected chi connectivity index (χ2v) is 12.7. The lowest BCUT2D eigenvalue weighted by atomic mass is 9.89. The number of phenols is 1. The van der Waals surface area contributed by atoms with Crippen molar-refractivity contribution in [3.63, 3.8) is 0 Å². The van der Waals surface area contributed by atoms with Gasteiger partial charge in [-0.15, -0.1) is 0 Å². The molecule has 41 heavy (non-hydrogen) atoms. The molecule has 0 bridgehead atoms. The molecule has 0 amide bonds. The molecule has 0 saturated carbocycles. The van der Waals surface area contributed by atoms with Gasteiger partial charge < -0.3 is 10.0 Å². The second kappa shape index (κ2) is 15.8. The van der Waals surface area contributed by atoms with Crippen LogP contribution in [0.3, 0.4) is 0 Å². The van der Waals surface area contributed by atoms with Crippen molar-refractivity contribution in [3.05, 3.63) is 65.2 Å². The Morgan fingerprint density at radius 3 is 2.24 bits per heavy atom. The number of benzene rings is 2. The zero-order chi connectivity index (χ0) is 29.9. The van der Waals surface area contributed by atoms with E-state index >= 15 is 0 Å². The van der Waals surface area contributed by atoms with Crippen molar-refractivity contribution in [2.45, 2.75) is 82.7 Å². The molecule has 0 fully saturated rings. The van der Waals surface area contributed by atoms with E-state index in [-0.39, 0.29) is 5.75 Å². The Morgan fingerprint density at radius 1 is 0.854 bits per heavy atom. The van der Waals surface area contributed by atoms with Crippen LogP contribution in [0.5, 0.6) is 5.75 Å². The van der Waals surface area contributed by atoms with Gasteiger partial charge in [0.1, 0.15) is 5.75 Å². The molecular formula is C32H42F5NO2S. The minimum absolute atomic E-state index is 0.129. The van der Waals surface area contributed by atoms with Crippen molar-refractivity contribution < 1.29 is 31.3 Å². The molecule has 0 aromatic heterocycles. The van der Waals surface area contributed by atoms with Crippen molar-refractivity contribution in [2.75, 3.05) is 31.6 Å². The summed E-state index contributed by atoms with van der Waals surface area (Å²) in [5.41, 5.74) is 6.52. The number of alkyl halides is 5. The van der Waals surface area contributed by atoms with Crippen LogP contribution in [0.1, 0.15) is 80.9 Å². The average molecular weight is 600 g/mol. The number of hydrogen-bond donors (Lipinski definition) is 1. The summed E-state index contributed by atoms with van der Waals surface area (Å²) >= 11 is 0. The van der Waals surface area contributed by atoms with Gasteiger partial charge in [0.2, 0.25) is 0 Å². The first-order chi connectivity index (χ1) is 19.5. The molecule has 2 aromatic rings. The molecule has 9 heteroatoms. The smallest absolute Gasteiger partial charge is 0.453 e. The molecule has 0 heterocycles. The van der Waals surface area contributed by atoms with Crippen molar-refractivity contribution >= 4 is 21.9 Å². The van der Waals surface area contributed by atoms with E-state index in [0.717, 1.165) is 64.5 Å². The van der Waals surface area contributed by atoms with E-state index in [4.69, 9.17) is 0 Å². The molecule has 1 atom stereocenters. The summed E-state index contributed by atoms with van der Waals surface area (Å²) < 4.78 is 74.6. The van der Waals surface area contributed by atoms with Crippen LogP contribution in [0, 0.1) is 0 Å². The zero-order valence-corrected chi connectivity index (χ0v) is 24.6. The third kappa shape index (κ3) is 10.5. The molecule has 0 spiro atoms. The molecule has 0 radical (unpaired) electrons.